The van der Waals surface area contributed by atoms with E-state index in [1.165, 1.54) is 32.4 Å². The molecule has 4 atom stereocenters. The van der Waals surface area contributed by atoms with Crippen molar-refractivity contribution in [3.05, 3.63) is 0 Å². The van der Waals surface area contributed by atoms with Crippen molar-refractivity contribution in [2.24, 2.45) is 17.3 Å². The first-order valence-corrected chi connectivity index (χ1v) is 7.93. The Bertz CT molecular complexity index is 274. The summed E-state index contributed by atoms with van der Waals surface area (Å²) >= 11 is 0. The molecule has 4 unspecified atom stereocenters. The van der Waals surface area contributed by atoms with Crippen LogP contribution >= 0.6 is 0 Å². The summed E-state index contributed by atoms with van der Waals surface area (Å²) in [6.45, 7) is 15.7. The van der Waals surface area contributed by atoms with Gasteiger partial charge in [0.2, 0.25) is 0 Å². The largest absolute Gasteiger partial charge is 0.312 e. The smallest absolute Gasteiger partial charge is 0.0274 e. The molecule has 0 aromatic heterocycles. The molecule has 1 saturated carbocycles. The minimum absolute atomic E-state index is 0.465. The lowest BCUT2D eigenvalue weighted by Crippen LogP contribution is -2.54. The average molecular weight is 252 g/mol. The summed E-state index contributed by atoms with van der Waals surface area (Å²) < 4.78 is 0. The first kappa shape index (κ1) is 14.3. The lowest BCUT2D eigenvalue weighted by atomic mass is 9.84. The zero-order chi connectivity index (χ0) is 13.3. The molecule has 18 heavy (non-hydrogen) atoms. The van der Waals surface area contributed by atoms with Crippen LogP contribution in [0.15, 0.2) is 0 Å². The highest BCUT2D eigenvalue weighted by molar-refractivity contribution is 5.01. The van der Waals surface area contributed by atoms with E-state index in [4.69, 9.17) is 0 Å². The van der Waals surface area contributed by atoms with Crippen molar-refractivity contribution in [3.63, 3.8) is 0 Å². The number of nitrogens with one attached hydrogen (secondary N) is 1. The topological polar surface area (TPSA) is 15.3 Å². The van der Waals surface area contributed by atoms with Crippen molar-refractivity contribution in [2.75, 3.05) is 19.6 Å². The normalized spacial score (nSPS) is 41.2. The maximum Gasteiger partial charge on any atom is 0.0274 e. The molecular formula is C16H32N2. The van der Waals surface area contributed by atoms with E-state index in [9.17, 15) is 0 Å². The Hall–Kier alpha value is -0.0800. The van der Waals surface area contributed by atoms with Crippen molar-refractivity contribution in [1.29, 1.82) is 0 Å². The van der Waals surface area contributed by atoms with Gasteiger partial charge in [0.15, 0.2) is 0 Å². The molecule has 1 aliphatic carbocycles. The van der Waals surface area contributed by atoms with E-state index in [0.717, 1.165) is 24.4 Å². The summed E-state index contributed by atoms with van der Waals surface area (Å²) in [6, 6.07) is 1.46. The van der Waals surface area contributed by atoms with E-state index in [-0.39, 0.29) is 0 Å². The highest BCUT2D eigenvalue weighted by Crippen LogP contribution is 2.41. The molecule has 106 valence electrons. The summed E-state index contributed by atoms with van der Waals surface area (Å²) in [4.78, 5) is 2.78. The Labute approximate surface area is 114 Å². The summed E-state index contributed by atoms with van der Waals surface area (Å²) in [5.74, 6) is 1.78. The van der Waals surface area contributed by atoms with Gasteiger partial charge in [-0.25, -0.2) is 0 Å². The van der Waals surface area contributed by atoms with E-state index in [1.54, 1.807) is 0 Å². The van der Waals surface area contributed by atoms with Gasteiger partial charge in [0.25, 0.3) is 0 Å². The van der Waals surface area contributed by atoms with Gasteiger partial charge in [-0.3, -0.25) is 4.90 Å². The monoisotopic (exact) mass is 252 g/mol. The SMILES string of the molecule is CCNC1C(N2CCC(C)C(C)C2)CCC1(C)C. The molecule has 0 radical (unpaired) electrons. The van der Waals surface area contributed by atoms with Crippen molar-refractivity contribution in [1.82, 2.24) is 10.2 Å². The molecule has 2 fully saturated rings. The molecule has 1 saturated heterocycles. The Morgan fingerprint density at radius 3 is 2.50 bits per heavy atom. The van der Waals surface area contributed by atoms with Crippen molar-refractivity contribution in [2.45, 2.75) is 66.0 Å². The van der Waals surface area contributed by atoms with E-state index in [2.05, 4.69) is 44.8 Å². The molecule has 2 rings (SSSR count). The van der Waals surface area contributed by atoms with Gasteiger partial charge in [0, 0.05) is 18.6 Å². The second-order valence-electron chi connectivity index (χ2n) is 7.37. The minimum atomic E-state index is 0.465. The Morgan fingerprint density at radius 1 is 1.17 bits per heavy atom. The van der Waals surface area contributed by atoms with Gasteiger partial charge in [0.1, 0.15) is 0 Å². The van der Waals surface area contributed by atoms with Gasteiger partial charge in [-0.05, 0) is 49.6 Å². The van der Waals surface area contributed by atoms with Gasteiger partial charge in [-0.15, -0.1) is 0 Å². The lowest BCUT2D eigenvalue weighted by Gasteiger charge is -2.43. The fourth-order valence-electron chi connectivity index (χ4n) is 3.98. The van der Waals surface area contributed by atoms with E-state index in [0.29, 0.717) is 11.5 Å². The summed E-state index contributed by atoms with van der Waals surface area (Å²) in [7, 11) is 0. The van der Waals surface area contributed by atoms with Crippen molar-refractivity contribution in [3.8, 4) is 0 Å². The van der Waals surface area contributed by atoms with Crippen LogP contribution in [-0.4, -0.2) is 36.6 Å². The van der Waals surface area contributed by atoms with Crippen molar-refractivity contribution < 1.29 is 0 Å². The number of likely N-dealkylation sites (tertiary alicyclic amines) is 1. The van der Waals surface area contributed by atoms with Crippen LogP contribution < -0.4 is 5.32 Å². The standard InChI is InChI=1S/C16H32N2/c1-6-17-15-14(7-9-16(15,4)5)18-10-8-12(2)13(3)11-18/h12-15,17H,6-11H2,1-5H3. The second-order valence-corrected chi connectivity index (χ2v) is 7.37. The first-order valence-electron chi connectivity index (χ1n) is 7.93. The predicted molar refractivity (Wildman–Crippen MR) is 78.8 cm³/mol. The predicted octanol–water partition coefficient (Wildman–Crippen LogP) is 3.13. The van der Waals surface area contributed by atoms with Gasteiger partial charge in [-0.1, -0.05) is 34.6 Å². The Kier molecular flexibility index (Phi) is 4.38. The number of nitrogens with zero attached hydrogens (tertiary/aromatic N) is 1. The molecule has 2 heteroatoms. The molecule has 0 aromatic rings. The van der Waals surface area contributed by atoms with Crippen LogP contribution in [0.3, 0.4) is 0 Å². The minimum Gasteiger partial charge on any atom is -0.312 e. The van der Waals surface area contributed by atoms with Crippen LogP contribution in [0.1, 0.15) is 53.9 Å². The van der Waals surface area contributed by atoms with E-state index < -0.39 is 0 Å². The van der Waals surface area contributed by atoms with E-state index in [1.807, 2.05) is 0 Å². The molecule has 1 aliphatic heterocycles. The maximum atomic E-state index is 3.77. The number of hydrogen-bond donors (Lipinski definition) is 1. The van der Waals surface area contributed by atoms with Crippen LogP contribution in [0.4, 0.5) is 0 Å². The Morgan fingerprint density at radius 2 is 1.89 bits per heavy atom. The highest BCUT2D eigenvalue weighted by atomic mass is 15.2. The quantitative estimate of drug-likeness (QED) is 0.830. The third kappa shape index (κ3) is 2.75. The zero-order valence-electron chi connectivity index (χ0n) is 13.0. The van der Waals surface area contributed by atoms with Crippen molar-refractivity contribution >= 4 is 0 Å². The zero-order valence-corrected chi connectivity index (χ0v) is 13.0. The molecule has 0 bridgehead atoms. The maximum absolute atomic E-state index is 3.77. The number of piperidine rings is 1. The van der Waals surface area contributed by atoms with Gasteiger partial charge < -0.3 is 5.32 Å². The highest BCUT2D eigenvalue weighted by Gasteiger charge is 2.44. The average Bonchev–Trinajstić information content (AvgIpc) is 2.60. The molecule has 1 heterocycles. The van der Waals surface area contributed by atoms with Gasteiger partial charge in [-0.2, -0.15) is 0 Å². The molecular weight excluding hydrogens is 220 g/mol. The van der Waals surface area contributed by atoms with Crippen LogP contribution in [0.25, 0.3) is 0 Å². The summed E-state index contributed by atoms with van der Waals surface area (Å²) in [5, 5.41) is 3.77. The van der Waals surface area contributed by atoms with Crippen LogP contribution in [0.2, 0.25) is 0 Å². The summed E-state index contributed by atoms with van der Waals surface area (Å²) in [6.07, 6.45) is 4.14. The molecule has 0 aromatic carbocycles. The number of hydrogen-bond acceptors (Lipinski definition) is 2. The lowest BCUT2D eigenvalue weighted by molar-refractivity contribution is 0.0742. The third-order valence-corrected chi connectivity index (χ3v) is 5.57. The number of likely N-dealkylation sites (N-methyl/N-ethyl adjacent to an activating group) is 1. The van der Waals surface area contributed by atoms with Gasteiger partial charge >= 0.3 is 0 Å². The number of rotatable bonds is 3. The Balaban J connectivity index is 2.03. The third-order valence-electron chi connectivity index (χ3n) is 5.57. The fraction of sp³-hybridized carbons (Fsp3) is 1.00. The summed E-state index contributed by atoms with van der Waals surface area (Å²) in [5.41, 5.74) is 0.465. The van der Waals surface area contributed by atoms with Crippen LogP contribution in [0, 0.1) is 17.3 Å². The molecule has 0 spiro atoms. The van der Waals surface area contributed by atoms with E-state index >= 15 is 0 Å². The van der Waals surface area contributed by atoms with Crippen LogP contribution in [0.5, 0.6) is 0 Å². The van der Waals surface area contributed by atoms with Gasteiger partial charge in [0.05, 0.1) is 0 Å². The molecule has 0 amide bonds. The fourth-order valence-corrected chi connectivity index (χ4v) is 3.98. The molecule has 1 N–H and O–H groups in total. The molecule has 2 aliphatic rings. The van der Waals surface area contributed by atoms with Crippen LogP contribution in [-0.2, 0) is 0 Å². The molecule has 2 nitrogen and oxygen atoms in total. The second kappa shape index (κ2) is 5.50. The first-order chi connectivity index (χ1) is 8.45.